The van der Waals surface area contributed by atoms with Gasteiger partial charge in [-0.1, -0.05) is 6.42 Å². The number of ether oxygens (including phenoxy) is 2. The van der Waals surface area contributed by atoms with Crippen molar-refractivity contribution in [3.8, 4) is 0 Å². The van der Waals surface area contributed by atoms with Crippen molar-refractivity contribution < 1.29 is 9.47 Å². The first kappa shape index (κ1) is 13.3. The van der Waals surface area contributed by atoms with E-state index in [2.05, 4.69) is 17.5 Å². The summed E-state index contributed by atoms with van der Waals surface area (Å²) in [6.07, 6.45) is 4.25. The zero-order valence-electron chi connectivity index (χ0n) is 9.82. The lowest BCUT2D eigenvalue weighted by Crippen LogP contribution is -2.27. The predicted molar refractivity (Wildman–Crippen MR) is 65.7 cm³/mol. The molecule has 0 amide bonds. The first-order chi connectivity index (χ1) is 7.31. The summed E-state index contributed by atoms with van der Waals surface area (Å²) in [4.78, 5) is 2.43. The van der Waals surface area contributed by atoms with Gasteiger partial charge in [0.2, 0.25) is 0 Å². The quantitative estimate of drug-likeness (QED) is 0.531. The van der Waals surface area contributed by atoms with Crippen LogP contribution in [0.5, 0.6) is 0 Å². The third-order valence-electron chi connectivity index (χ3n) is 3.03. The normalized spacial score (nSPS) is 27.4. The van der Waals surface area contributed by atoms with Crippen LogP contribution in [0.1, 0.15) is 19.3 Å². The van der Waals surface area contributed by atoms with Gasteiger partial charge in [-0.3, -0.25) is 4.90 Å². The van der Waals surface area contributed by atoms with Crippen LogP contribution in [-0.4, -0.2) is 56.7 Å². The van der Waals surface area contributed by atoms with E-state index in [1.807, 2.05) is 0 Å². The van der Waals surface area contributed by atoms with E-state index in [4.69, 9.17) is 9.47 Å². The van der Waals surface area contributed by atoms with Gasteiger partial charge in [0.1, 0.15) is 0 Å². The fourth-order valence-electron chi connectivity index (χ4n) is 2.08. The molecule has 1 saturated heterocycles. The van der Waals surface area contributed by atoms with Gasteiger partial charge < -0.3 is 9.47 Å². The van der Waals surface area contributed by atoms with Crippen LogP contribution >= 0.6 is 12.6 Å². The fourth-order valence-corrected chi connectivity index (χ4v) is 2.30. The molecule has 2 atom stereocenters. The maximum atomic E-state index is 5.39. The number of hydrogen-bond acceptors (Lipinski definition) is 4. The minimum atomic E-state index is 0.250. The summed E-state index contributed by atoms with van der Waals surface area (Å²) in [5.41, 5.74) is 0. The van der Waals surface area contributed by atoms with E-state index < -0.39 is 0 Å². The van der Waals surface area contributed by atoms with Gasteiger partial charge in [-0.15, -0.1) is 0 Å². The number of methoxy groups -OCH3 is 2. The van der Waals surface area contributed by atoms with Crippen molar-refractivity contribution in [2.45, 2.75) is 31.5 Å². The zero-order valence-corrected chi connectivity index (χ0v) is 10.7. The molecule has 1 rings (SSSR count). The lowest BCUT2D eigenvalue weighted by Gasteiger charge is -2.14. The molecule has 1 aliphatic heterocycles. The molecular weight excluding hydrogens is 210 g/mol. The van der Waals surface area contributed by atoms with Crippen LogP contribution in [0.2, 0.25) is 0 Å². The smallest absolute Gasteiger partial charge is 0.0971 e. The van der Waals surface area contributed by atoms with Crippen molar-refractivity contribution in [2.75, 3.05) is 39.6 Å². The van der Waals surface area contributed by atoms with Gasteiger partial charge in [-0.05, 0) is 25.1 Å². The molecule has 0 aliphatic carbocycles. The van der Waals surface area contributed by atoms with Crippen molar-refractivity contribution in [1.29, 1.82) is 0 Å². The molecule has 0 radical (unpaired) electrons. The van der Waals surface area contributed by atoms with Crippen molar-refractivity contribution >= 4 is 12.6 Å². The maximum absolute atomic E-state index is 5.39. The molecule has 1 aliphatic rings. The van der Waals surface area contributed by atoms with Crippen molar-refractivity contribution in [2.24, 2.45) is 0 Å². The highest BCUT2D eigenvalue weighted by atomic mass is 32.1. The molecule has 0 aromatic heterocycles. The lowest BCUT2D eigenvalue weighted by molar-refractivity contribution is -0.00461. The number of thiol groups is 1. The van der Waals surface area contributed by atoms with E-state index in [-0.39, 0.29) is 12.2 Å². The van der Waals surface area contributed by atoms with Gasteiger partial charge >= 0.3 is 0 Å². The lowest BCUT2D eigenvalue weighted by atomic mass is 10.2. The van der Waals surface area contributed by atoms with Crippen molar-refractivity contribution in [3.63, 3.8) is 0 Å². The highest BCUT2D eigenvalue weighted by molar-refractivity contribution is 7.80. The summed E-state index contributed by atoms with van der Waals surface area (Å²) in [5, 5.41) is 0. The topological polar surface area (TPSA) is 21.7 Å². The standard InChI is InChI=1S/C11H23NO2S/c1-13-10-8-12(9-11(10)14-2)6-4-3-5-7-15/h10-11,15H,3-9H2,1-2H3. The van der Waals surface area contributed by atoms with Crippen LogP contribution in [0, 0.1) is 0 Å². The SMILES string of the molecule is COC1CN(CCCCCS)CC1OC. The molecule has 0 aromatic carbocycles. The Morgan fingerprint density at radius 1 is 1.07 bits per heavy atom. The molecule has 4 heteroatoms. The Hall–Kier alpha value is 0.230. The summed E-state index contributed by atoms with van der Waals surface area (Å²) < 4.78 is 10.8. The molecule has 0 spiro atoms. The van der Waals surface area contributed by atoms with E-state index in [0.29, 0.717) is 0 Å². The van der Waals surface area contributed by atoms with Gasteiger partial charge in [-0.25, -0.2) is 0 Å². The second-order valence-electron chi connectivity index (χ2n) is 4.09. The molecular formula is C11H23NO2S. The minimum absolute atomic E-state index is 0.250. The Labute approximate surface area is 98.5 Å². The first-order valence-electron chi connectivity index (χ1n) is 5.70. The Bertz CT molecular complexity index is 157. The third-order valence-corrected chi connectivity index (χ3v) is 3.35. The Morgan fingerprint density at radius 3 is 2.13 bits per heavy atom. The van der Waals surface area contributed by atoms with Crippen LogP contribution in [-0.2, 0) is 9.47 Å². The number of hydrogen-bond donors (Lipinski definition) is 1. The summed E-state index contributed by atoms with van der Waals surface area (Å²) in [5.74, 6) is 1.00. The molecule has 0 bridgehead atoms. The summed E-state index contributed by atoms with van der Waals surface area (Å²) in [6, 6.07) is 0. The third kappa shape index (κ3) is 4.31. The second kappa shape index (κ2) is 7.49. The summed E-state index contributed by atoms with van der Waals surface area (Å²) in [6.45, 7) is 3.18. The van der Waals surface area contributed by atoms with Crippen molar-refractivity contribution in [1.82, 2.24) is 4.90 Å². The molecule has 0 aromatic rings. The van der Waals surface area contributed by atoms with E-state index in [9.17, 15) is 0 Å². The average Bonchev–Trinajstić information content (AvgIpc) is 2.67. The fraction of sp³-hybridized carbons (Fsp3) is 1.00. The predicted octanol–water partition coefficient (Wildman–Crippen LogP) is 1.43. The zero-order chi connectivity index (χ0) is 11.1. The number of likely N-dealkylation sites (tertiary alicyclic amines) is 1. The van der Waals surface area contributed by atoms with Gasteiger partial charge in [-0.2, -0.15) is 12.6 Å². The maximum Gasteiger partial charge on any atom is 0.0971 e. The molecule has 90 valence electrons. The molecule has 1 heterocycles. The Balaban J connectivity index is 2.16. The van der Waals surface area contributed by atoms with Gasteiger partial charge in [0.25, 0.3) is 0 Å². The van der Waals surface area contributed by atoms with Crippen LogP contribution in [0.3, 0.4) is 0 Å². The van der Waals surface area contributed by atoms with Crippen LogP contribution in [0.25, 0.3) is 0 Å². The monoisotopic (exact) mass is 233 g/mol. The van der Waals surface area contributed by atoms with Crippen LogP contribution < -0.4 is 0 Å². The van der Waals surface area contributed by atoms with Gasteiger partial charge in [0.15, 0.2) is 0 Å². The van der Waals surface area contributed by atoms with E-state index >= 15 is 0 Å². The van der Waals surface area contributed by atoms with Gasteiger partial charge in [0, 0.05) is 27.3 Å². The molecule has 2 unspecified atom stereocenters. The molecule has 3 nitrogen and oxygen atoms in total. The second-order valence-corrected chi connectivity index (χ2v) is 4.54. The number of unbranched alkanes of at least 4 members (excludes halogenated alkanes) is 2. The van der Waals surface area contributed by atoms with Crippen molar-refractivity contribution in [3.05, 3.63) is 0 Å². The largest absolute Gasteiger partial charge is 0.377 e. The Morgan fingerprint density at radius 2 is 1.67 bits per heavy atom. The average molecular weight is 233 g/mol. The van der Waals surface area contributed by atoms with E-state index in [0.717, 1.165) is 25.4 Å². The molecule has 0 N–H and O–H groups in total. The molecule has 1 fully saturated rings. The molecule has 15 heavy (non-hydrogen) atoms. The summed E-state index contributed by atoms with van der Waals surface area (Å²) in [7, 11) is 3.53. The van der Waals surface area contributed by atoms with Crippen LogP contribution in [0.15, 0.2) is 0 Å². The number of rotatable bonds is 7. The summed E-state index contributed by atoms with van der Waals surface area (Å²) >= 11 is 4.21. The highest BCUT2D eigenvalue weighted by Gasteiger charge is 2.32. The molecule has 0 saturated carbocycles. The van der Waals surface area contributed by atoms with Crippen LogP contribution in [0.4, 0.5) is 0 Å². The van der Waals surface area contributed by atoms with E-state index in [1.54, 1.807) is 14.2 Å². The number of nitrogens with zero attached hydrogens (tertiary/aromatic N) is 1. The minimum Gasteiger partial charge on any atom is -0.377 e. The van der Waals surface area contributed by atoms with Gasteiger partial charge in [0.05, 0.1) is 12.2 Å². The highest BCUT2D eigenvalue weighted by Crippen LogP contribution is 2.16. The Kier molecular flexibility index (Phi) is 6.64. The first-order valence-corrected chi connectivity index (χ1v) is 6.34. The van der Waals surface area contributed by atoms with E-state index in [1.165, 1.54) is 19.3 Å².